The fourth-order valence-electron chi connectivity index (χ4n) is 0.156. The van der Waals surface area contributed by atoms with Crippen molar-refractivity contribution in [1.29, 1.82) is 0 Å². The zero-order valence-electron chi connectivity index (χ0n) is 4.01. The first-order chi connectivity index (χ1) is 2.91. The van der Waals surface area contributed by atoms with Crippen molar-refractivity contribution in [3.05, 3.63) is 12.7 Å². The first-order valence-corrected chi connectivity index (χ1v) is 6.60. The molecular weight excluding hydrogens is 271 g/mol. The Bertz CT molecular complexity index is 36.5. The third-order valence-electron chi connectivity index (χ3n) is 0.341. The van der Waals surface area contributed by atoms with Gasteiger partial charge >= 0.3 is 50.7 Å². The first-order valence-electron chi connectivity index (χ1n) is 1.97. The van der Waals surface area contributed by atoms with E-state index >= 15 is 0 Å². The molecule has 0 aromatic rings. The molecule has 0 N–H and O–H groups in total. The number of allylic oxidation sites excluding steroid dienone is 1. The predicted octanol–water partition coefficient (Wildman–Crippen LogP) is 0.414. The Morgan fingerprint density at radius 3 is 2.67 bits per heavy atom. The van der Waals surface area contributed by atoms with Crippen LogP contribution in [0.4, 0.5) is 0 Å². The third kappa shape index (κ3) is 4.65. The van der Waals surface area contributed by atoms with E-state index in [4.69, 9.17) is 0 Å². The molecule has 0 atom stereocenters. The average molecular weight is 281 g/mol. The van der Waals surface area contributed by atoms with Gasteiger partial charge in [-0.05, 0) is 0 Å². The third-order valence-corrected chi connectivity index (χ3v) is 5.38. The van der Waals surface area contributed by atoms with Gasteiger partial charge in [0.15, 0.2) is 0 Å². The molecule has 0 nitrogen and oxygen atoms in total. The molecule has 0 saturated heterocycles. The summed E-state index contributed by atoms with van der Waals surface area (Å²) in [5.74, 6) is 0. The van der Waals surface area contributed by atoms with Gasteiger partial charge < -0.3 is 0 Å². The van der Waals surface area contributed by atoms with Gasteiger partial charge in [-0.3, -0.25) is 0 Å². The molecule has 0 aromatic carbocycles. The molecule has 0 radical (unpaired) electrons. The summed E-state index contributed by atoms with van der Waals surface area (Å²) < 4.78 is 1.53. The van der Waals surface area contributed by atoms with Gasteiger partial charge in [-0.2, -0.15) is 0 Å². The molecule has 0 rings (SSSR count). The Kier molecular flexibility index (Phi) is 6.25. The summed E-state index contributed by atoms with van der Waals surface area (Å²) in [5, 5.41) is 0. The van der Waals surface area contributed by atoms with Gasteiger partial charge in [-0.15, -0.1) is 0 Å². The van der Waals surface area contributed by atoms with Crippen molar-refractivity contribution in [3.63, 3.8) is 0 Å². The summed E-state index contributed by atoms with van der Waals surface area (Å²) in [6.07, 6.45) is 2.03. The van der Waals surface area contributed by atoms with Crippen LogP contribution in [0, 0.1) is 0 Å². The molecule has 0 aliphatic carbocycles. The van der Waals surface area contributed by atoms with Gasteiger partial charge in [-0.1, -0.05) is 0 Å². The van der Waals surface area contributed by atoms with Crippen molar-refractivity contribution >= 4 is 10.2 Å². The molecule has 0 spiro atoms. The molecular formula is C4H10PtSi. The molecule has 2 heteroatoms. The summed E-state index contributed by atoms with van der Waals surface area (Å²) in [6, 6.07) is 0. The van der Waals surface area contributed by atoms with Crippen molar-refractivity contribution in [1.82, 2.24) is 0 Å². The van der Waals surface area contributed by atoms with Crippen LogP contribution in [0.5, 0.6) is 0 Å². The van der Waals surface area contributed by atoms with Crippen LogP contribution in [0.3, 0.4) is 0 Å². The summed E-state index contributed by atoms with van der Waals surface area (Å²) in [6.45, 7) is 3.64. The molecule has 0 aromatic heterocycles. The summed E-state index contributed by atoms with van der Waals surface area (Å²) in [4.78, 5) is 1.32. The summed E-state index contributed by atoms with van der Waals surface area (Å²) >= 11 is 0.564. The number of hydrogen-bond acceptors (Lipinski definition) is 0. The van der Waals surface area contributed by atoms with E-state index in [2.05, 4.69) is 6.58 Å². The standard InChI is InChI=1S/C3H5.CH5Si.Pt/c1-3-2;1-2;/h3H,1-2H2;1H2,2H3;. The van der Waals surface area contributed by atoms with E-state index in [1.165, 1.54) is 19.5 Å². The molecule has 0 bridgehead atoms. The van der Waals surface area contributed by atoms with Gasteiger partial charge in [0.2, 0.25) is 0 Å². The minimum atomic E-state index is 0.564. The molecule has 0 aliphatic heterocycles. The van der Waals surface area contributed by atoms with Crippen LogP contribution in [0.15, 0.2) is 12.7 Å². The average Bonchev–Trinajstić information content (AvgIpc) is 1.61. The number of rotatable bonds is 3. The SMILES string of the molecule is C=C[CH2][Pt][CH2][SiH3]. The van der Waals surface area contributed by atoms with Crippen molar-refractivity contribution in [2.75, 3.05) is 0 Å². The second kappa shape index (κ2) is 5.65. The van der Waals surface area contributed by atoms with Crippen LogP contribution >= 0.6 is 0 Å². The first kappa shape index (κ1) is 6.65. The molecule has 0 saturated carbocycles. The van der Waals surface area contributed by atoms with Gasteiger partial charge in [0.05, 0.1) is 0 Å². The summed E-state index contributed by atoms with van der Waals surface area (Å²) in [7, 11) is 1.40. The topological polar surface area (TPSA) is 0 Å². The van der Waals surface area contributed by atoms with Gasteiger partial charge in [0.25, 0.3) is 0 Å². The molecule has 0 heterocycles. The van der Waals surface area contributed by atoms with E-state index in [9.17, 15) is 0 Å². The molecule has 6 heavy (non-hydrogen) atoms. The monoisotopic (exact) mass is 281 g/mol. The molecule has 40 valence electrons. The van der Waals surface area contributed by atoms with Crippen molar-refractivity contribution in [2.24, 2.45) is 0 Å². The van der Waals surface area contributed by atoms with Gasteiger partial charge in [0.1, 0.15) is 0 Å². The van der Waals surface area contributed by atoms with Crippen LogP contribution < -0.4 is 0 Å². The van der Waals surface area contributed by atoms with Crippen LogP contribution in [0.2, 0.25) is 9.24 Å². The maximum atomic E-state index is 3.64. The van der Waals surface area contributed by atoms with Crippen LogP contribution in [0.25, 0.3) is 0 Å². The molecule has 0 fully saturated rings. The van der Waals surface area contributed by atoms with Crippen molar-refractivity contribution < 1.29 is 18.6 Å². The Labute approximate surface area is 51.0 Å². The van der Waals surface area contributed by atoms with Crippen LogP contribution in [-0.2, 0) is 18.6 Å². The maximum absolute atomic E-state index is 3.64. The Balaban J connectivity index is 2.49. The number of hydrogen-bond donors (Lipinski definition) is 0. The predicted molar refractivity (Wildman–Crippen MR) is 29.7 cm³/mol. The van der Waals surface area contributed by atoms with E-state index in [0.29, 0.717) is 18.6 Å². The van der Waals surface area contributed by atoms with E-state index in [1.54, 1.807) is 0 Å². The van der Waals surface area contributed by atoms with E-state index in [0.717, 1.165) is 0 Å². The second-order valence-electron chi connectivity index (χ2n) is 0.799. The molecule has 0 aliphatic rings. The van der Waals surface area contributed by atoms with Gasteiger partial charge in [-0.25, -0.2) is 0 Å². The van der Waals surface area contributed by atoms with Crippen LogP contribution in [-0.4, -0.2) is 10.2 Å². The Morgan fingerprint density at radius 2 is 2.50 bits per heavy atom. The van der Waals surface area contributed by atoms with Gasteiger partial charge in [0, 0.05) is 0 Å². The molecule has 0 unspecified atom stereocenters. The quantitative estimate of drug-likeness (QED) is 0.399. The Hall–Kier alpha value is 0.645. The summed E-state index contributed by atoms with van der Waals surface area (Å²) in [5.41, 5.74) is 0. The van der Waals surface area contributed by atoms with E-state index < -0.39 is 0 Å². The van der Waals surface area contributed by atoms with E-state index in [-0.39, 0.29) is 0 Å². The molecule has 0 amide bonds. The van der Waals surface area contributed by atoms with Crippen molar-refractivity contribution in [3.8, 4) is 0 Å². The fourth-order valence-corrected chi connectivity index (χ4v) is 2.77. The Morgan fingerprint density at radius 1 is 1.83 bits per heavy atom. The van der Waals surface area contributed by atoms with Crippen LogP contribution in [0.1, 0.15) is 0 Å². The zero-order chi connectivity index (χ0) is 4.83. The van der Waals surface area contributed by atoms with Crippen molar-refractivity contribution in [2.45, 2.75) is 9.24 Å². The van der Waals surface area contributed by atoms with E-state index in [1.807, 2.05) is 6.08 Å². The minimum absolute atomic E-state index is 0.564. The zero-order valence-corrected chi connectivity index (χ0v) is 8.29. The second-order valence-corrected chi connectivity index (χ2v) is 8.13. The normalized spacial score (nSPS) is 9.33. The fraction of sp³-hybridized carbons (Fsp3) is 0.500.